The average Bonchev–Trinajstić information content (AvgIpc) is 3.19. The van der Waals surface area contributed by atoms with Crippen molar-refractivity contribution in [2.24, 2.45) is 9.98 Å². The van der Waals surface area contributed by atoms with Crippen molar-refractivity contribution in [3.05, 3.63) is 69.8 Å². The van der Waals surface area contributed by atoms with Crippen LogP contribution in [0.1, 0.15) is 241 Å². The largest absolute Gasteiger partial charge is 0.287 e. The van der Waals surface area contributed by atoms with E-state index >= 15 is 0 Å². The Morgan fingerprint density at radius 3 is 0.907 bits per heavy atom. The van der Waals surface area contributed by atoms with Crippen LogP contribution in [0.2, 0.25) is 0 Å². The fourth-order valence-corrected chi connectivity index (χ4v) is 8.55. The van der Waals surface area contributed by atoms with E-state index in [-0.39, 0.29) is 12.1 Å². The molecule has 304 valence electrons. The van der Waals surface area contributed by atoms with Crippen molar-refractivity contribution >= 4 is 12.4 Å². The third-order valence-corrected chi connectivity index (χ3v) is 11.9. The van der Waals surface area contributed by atoms with Gasteiger partial charge in [0.05, 0.1) is 12.1 Å². The van der Waals surface area contributed by atoms with Crippen LogP contribution in [0.25, 0.3) is 0 Å². The van der Waals surface area contributed by atoms with E-state index in [1.54, 1.807) is 0 Å². The zero-order valence-corrected chi connectivity index (χ0v) is 36.3. The minimum absolute atomic E-state index is 0.285. The first-order chi connectivity index (χ1) is 26.6. The number of nitrogens with zero attached hydrogens (tertiary/aromatic N) is 2. The number of aryl methyl sites for hydroxylation is 4. The lowest BCUT2D eigenvalue weighted by molar-refractivity contribution is 0.390. The molecule has 0 aliphatic heterocycles. The van der Waals surface area contributed by atoms with E-state index in [1.807, 2.05) is 0 Å². The highest BCUT2D eigenvalue weighted by molar-refractivity contribution is 5.81. The summed E-state index contributed by atoms with van der Waals surface area (Å²) in [5, 5.41) is 0. The van der Waals surface area contributed by atoms with Crippen LogP contribution >= 0.6 is 0 Å². The van der Waals surface area contributed by atoms with Crippen molar-refractivity contribution in [3.63, 3.8) is 0 Å². The van der Waals surface area contributed by atoms with Crippen molar-refractivity contribution < 1.29 is 0 Å². The molecule has 2 heteroatoms. The Labute approximate surface area is 336 Å². The number of hydrogen-bond acceptors (Lipinski definition) is 2. The van der Waals surface area contributed by atoms with Gasteiger partial charge < -0.3 is 0 Å². The molecule has 1 aliphatic rings. The normalized spacial score (nSPS) is 16.3. The predicted octanol–water partition coefficient (Wildman–Crippen LogP) is 16.1. The highest BCUT2D eigenvalue weighted by Gasteiger charge is 2.23. The van der Waals surface area contributed by atoms with Crippen LogP contribution in [0.5, 0.6) is 0 Å². The number of unbranched alkanes of at least 4 members (excludes halogenated alkanes) is 20. The van der Waals surface area contributed by atoms with Crippen LogP contribution in [0.15, 0.2) is 46.4 Å². The van der Waals surface area contributed by atoms with E-state index in [9.17, 15) is 0 Å². The highest BCUT2D eigenvalue weighted by atomic mass is 14.9. The lowest BCUT2D eigenvalue weighted by Crippen LogP contribution is -2.27. The monoisotopic (exact) mass is 739 g/mol. The van der Waals surface area contributed by atoms with E-state index < -0.39 is 0 Å². The van der Waals surface area contributed by atoms with Gasteiger partial charge in [-0.3, -0.25) is 9.98 Å². The lowest BCUT2D eigenvalue weighted by Gasteiger charge is -2.25. The molecule has 1 aliphatic carbocycles. The van der Waals surface area contributed by atoms with Gasteiger partial charge in [0.25, 0.3) is 0 Å². The standard InChI is InChI=1S/C52H86N2/c1-5-9-13-17-21-25-31-45-37-46(32-26-22-18-14-10-6-2)40-49(39-45)43-53-51-35-29-30-36-52(51)54-44-50-41-47(33-27-23-19-15-11-7-3)38-48(42-50)34-28-24-20-16-12-8-4/h37-44,51-52H,5-36H2,1-4H3/t51-,52-/m1/s1. The second-order valence-corrected chi connectivity index (χ2v) is 17.2. The molecule has 3 rings (SSSR count). The first kappa shape index (κ1) is 46.2. The Balaban J connectivity index is 1.70. The van der Waals surface area contributed by atoms with E-state index in [2.05, 4.69) is 76.5 Å². The molecule has 0 N–H and O–H groups in total. The summed E-state index contributed by atoms with van der Waals surface area (Å²) < 4.78 is 0. The first-order valence-electron chi connectivity index (χ1n) is 24.0. The SMILES string of the molecule is CCCCCCCCc1cc(C=N[C@@H]2CCCC[C@H]2N=Cc2cc(CCCCCCCC)cc(CCCCCCCC)c2)cc(CCCCCCCC)c1. The Morgan fingerprint density at radius 2 is 0.630 bits per heavy atom. The van der Waals surface area contributed by atoms with E-state index in [0.717, 1.165) is 12.8 Å². The Hall–Kier alpha value is -2.22. The minimum Gasteiger partial charge on any atom is -0.287 e. The second kappa shape index (κ2) is 30.9. The number of rotatable bonds is 32. The summed E-state index contributed by atoms with van der Waals surface area (Å²) in [6.45, 7) is 9.24. The van der Waals surface area contributed by atoms with Gasteiger partial charge >= 0.3 is 0 Å². The molecule has 0 radical (unpaired) electrons. The van der Waals surface area contributed by atoms with Crippen LogP contribution in [0.3, 0.4) is 0 Å². The third kappa shape index (κ3) is 21.2. The van der Waals surface area contributed by atoms with Gasteiger partial charge in [0.1, 0.15) is 0 Å². The van der Waals surface area contributed by atoms with Gasteiger partial charge in [-0.05, 0) is 97.6 Å². The van der Waals surface area contributed by atoms with Crippen molar-refractivity contribution in [2.45, 2.75) is 245 Å². The molecule has 2 nitrogen and oxygen atoms in total. The van der Waals surface area contributed by atoms with Gasteiger partial charge in [-0.25, -0.2) is 0 Å². The lowest BCUT2D eigenvalue weighted by atomic mass is 9.91. The zero-order valence-electron chi connectivity index (χ0n) is 36.3. The minimum atomic E-state index is 0.285. The van der Waals surface area contributed by atoms with Crippen LogP contribution in [0, 0.1) is 0 Å². The summed E-state index contributed by atoms with van der Waals surface area (Å²) in [4.78, 5) is 10.7. The summed E-state index contributed by atoms with van der Waals surface area (Å²) in [5.74, 6) is 0. The van der Waals surface area contributed by atoms with Crippen molar-refractivity contribution in [1.29, 1.82) is 0 Å². The van der Waals surface area contributed by atoms with Crippen LogP contribution in [-0.2, 0) is 25.7 Å². The van der Waals surface area contributed by atoms with Gasteiger partial charge in [-0.15, -0.1) is 0 Å². The van der Waals surface area contributed by atoms with Gasteiger partial charge in [-0.2, -0.15) is 0 Å². The van der Waals surface area contributed by atoms with Gasteiger partial charge in [-0.1, -0.05) is 205 Å². The summed E-state index contributed by atoms with van der Waals surface area (Å²) in [5.41, 5.74) is 8.71. The molecule has 0 heterocycles. The number of hydrogen-bond donors (Lipinski definition) is 0. The summed E-state index contributed by atoms with van der Waals surface area (Å²) in [6.07, 6.45) is 46.7. The molecule has 2 aromatic rings. The Bertz CT molecular complexity index is 1090. The summed E-state index contributed by atoms with van der Waals surface area (Å²) >= 11 is 0. The maximum absolute atomic E-state index is 5.33. The van der Waals surface area contributed by atoms with Gasteiger partial charge in [0.2, 0.25) is 0 Å². The van der Waals surface area contributed by atoms with Crippen LogP contribution in [-0.4, -0.2) is 24.5 Å². The maximum atomic E-state index is 5.33. The van der Waals surface area contributed by atoms with E-state index in [4.69, 9.17) is 9.98 Å². The van der Waals surface area contributed by atoms with Crippen LogP contribution < -0.4 is 0 Å². The summed E-state index contributed by atoms with van der Waals surface area (Å²) in [6, 6.07) is 15.4. The first-order valence-corrected chi connectivity index (χ1v) is 24.0. The molecule has 0 unspecified atom stereocenters. The third-order valence-electron chi connectivity index (χ3n) is 11.9. The Morgan fingerprint density at radius 1 is 0.370 bits per heavy atom. The molecule has 0 aromatic heterocycles. The van der Waals surface area contributed by atoms with Crippen LogP contribution in [0.4, 0.5) is 0 Å². The zero-order chi connectivity index (χ0) is 38.3. The fourth-order valence-electron chi connectivity index (χ4n) is 8.55. The second-order valence-electron chi connectivity index (χ2n) is 17.2. The smallest absolute Gasteiger partial charge is 0.0723 e. The molecule has 2 atom stereocenters. The fraction of sp³-hybridized carbons (Fsp3) is 0.731. The molecule has 0 spiro atoms. The molecule has 0 saturated heterocycles. The molecule has 0 bridgehead atoms. The molecule has 1 saturated carbocycles. The Kier molecular flexibility index (Phi) is 26.4. The van der Waals surface area contributed by atoms with E-state index in [1.165, 1.54) is 226 Å². The van der Waals surface area contributed by atoms with Crippen molar-refractivity contribution in [1.82, 2.24) is 0 Å². The molecular weight excluding hydrogens is 653 g/mol. The quantitative estimate of drug-likeness (QED) is 0.0527. The number of aliphatic imine (C=N–C) groups is 2. The highest BCUT2D eigenvalue weighted by Crippen LogP contribution is 2.25. The molecular formula is C52H86N2. The average molecular weight is 739 g/mol. The molecule has 54 heavy (non-hydrogen) atoms. The van der Waals surface area contributed by atoms with Crippen molar-refractivity contribution in [3.8, 4) is 0 Å². The molecule has 0 amide bonds. The molecule has 1 fully saturated rings. The number of benzene rings is 2. The topological polar surface area (TPSA) is 24.7 Å². The van der Waals surface area contributed by atoms with Gasteiger partial charge in [0.15, 0.2) is 0 Å². The van der Waals surface area contributed by atoms with E-state index in [0.29, 0.717) is 0 Å². The maximum Gasteiger partial charge on any atom is 0.0723 e. The van der Waals surface area contributed by atoms with Gasteiger partial charge in [0, 0.05) is 12.4 Å². The molecule has 2 aromatic carbocycles. The van der Waals surface area contributed by atoms with Crippen molar-refractivity contribution in [2.75, 3.05) is 0 Å². The summed E-state index contributed by atoms with van der Waals surface area (Å²) in [7, 11) is 0. The predicted molar refractivity (Wildman–Crippen MR) is 242 cm³/mol.